The highest BCUT2D eigenvalue weighted by Crippen LogP contribution is 2.18. The van der Waals surface area contributed by atoms with Gasteiger partial charge in [0, 0.05) is 29.9 Å². The van der Waals surface area contributed by atoms with Crippen molar-refractivity contribution in [3.05, 3.63) is 29.3 Å². The van der Waals surface area contributed by atoms with Crippen molar-refractivity contribution in [2.45, 2.75) is 11.8 Å². The van der Waals surface area contributed by atoms with E-state index in [1.165, 1.54) is 25.3 Å². The van der Waals surface area contributed by atoms with Gasteiger partial charge in [0.1, 0.15) is 0 Å². The second-order valence-electron chi connectivity index (χ2n) is 3.66. The Morgan fingerprint density at radius 2 is 2.11 bits per heavy atom. The number of hydrogen-bond donors (Lipinski definition) is 1. The maximum Gasteiger partial charge on any atom is 0.261 e. The third kappa shape index (κ3) is 3.97. The lowest BCUT2D eigenvalue weighted by Gasteiger charge is -2.08. The summed E-state index contributed by atoms with van der Waals surface area (Å²) in [6.45, 7) is 2.46. The van der Waals surface area contributed by atoms with E-state index in [1.807, 2.05) is 0 Å². The molecule has 1 aromatic carbocycles. The van der Waals surface area contributed by atoms with Crippen LogP contribution >= 0.6 is 10.7 Å². The minimum absolute atomic E-state index is 0.0184. The van der Waals surface area contributed by atoms with E-state index in [-0.39, 0.29) is 10.8 Å². The Labute approximate surface area is 111 Å². The van der Waals surface area contributed by atoms with Crippen molar-refractivity contribution < 1.29 is 17.9 Å². The molecule has 0 saturated heterocycles. The Morgan fingerprint density at radius 3 is 2.61 bits per heavy atom. The predicted molar refractivity (Wildman–Crippen MR) is 68.4 cm³/mol. The number of amides is 1. The van der Waals surface area contributed by atoms with E-state index >= 15 is 0 Å². The maximum atomic E-state index is 11.8. The zero-order chi connectivity index (χ0) is 13.8. The first kappa shape index (κ1) is 14.9. The minimum atomic E-state index is -3.77. The lowest BCUT2D eigenvalue weighted by Crippen LogP contribution is -2.27. The van der Waals surface area contributed by atoms with Crippen LogP contribution in [0.1, 0.15) is 15.9 Å². The van der Waals surface area contributed by atoms with Crippen LogP contribution in [0.25, 0.3) is 0 Å². The quantitative estimate of drug-likeness (QED) is 0.655. The topological polar surface area (TPSA) is 72.5 Å². The fraction of sp³-hybridized carbons (Fsp3) is 0.364. The maximum absolute atomic E-state index is 11.8. The van der Waals surface area contributed by atoms with E-state index in [1.54, 1.807) is 6.92 Å². The minimum Gasteiger partial charge on any atom is -0.383 e. The van der Waals surface area contributed by atoms with Crippen molar-refractivity contribution in [1.82, 2.24) is 5.32 Å². The standard InChI is InChI=1S/C11H14ClNO4S/c1-8-7-9(18(12,15)16)3-4-10(8)11(14)13-5-6-17-2/h3-4,7H,5-6H2,1-2H3,(H,13,14). The number of aryl methyl sites for hydroxylation is 1. The fourth-order valence-electron chi connectivity index (χ4n) is 1.40. The molecule has 0 heterocycles. The number of methoxy groups -OCH3 is 1. The predicted octanol–water partition coefficient (Wildman–Crippen LogP) is 1.30. The number of hydrogen-bond acceptors (Lipinski definition) is 4. The fourth-order valence-corrected chi connectivity index (χ4v) is 2.24. The van der Waals surface area contributed by atoms with Crippen LogP contribution in [0.15, 0.2) is 23.1 Å². The summed E-state index contributed by atoms with van der Waals surface area (Å²) in [5.41, 5.74) is 0.960. The summed E-state index contributed by atoms with van der Waals surface area (Å²) in [6.07, 6.45) is 0. The SMILES string of the molecule is COCCNC(=O)c1ccc(S(=O)(=O)Cl)cc1C. The molecule has 0 atom stereocenters. The summed E-state index contributed by atoms with van der Waals surface area (Å²) in [4.78, 5) is 11.7. The molecule has 0 aliphatic heterocycles. The van der Waals surface area contributed by atoms with E-state index in [0.29, 0.717) is 24.3 Å². The van der Waals surface area contributed by atoms with Crippen molar-refractivity contribution in [3.8, 4) is 0 Å². The van der Waals surface area contributed by atoms with Crippen LogP contribution in [0, 0.1) is 6.92 Å². The van der Waals surface area contributed by atoms with Gasteiger partial charge in [-0.1, -0.05) is 0 Å². The van der Waals surface area contributed by atoms with Gasteiger partial charge in [-0.2, -0.15) is 0 Å². The van der Waals surface area contributed by atoms with Crippen LogP contribution in [0.4, 0.5) is 0 Å². The van der Waals surface area contributed by atoms with E-state index in [2.05, 4.69) is 5.32 Å². The molecular weight excluding hydrogens is 278 g/mol. The van der Waals surface area contributed by atoms with E-state index in [9.17, 15) is 13.2 Å². The molecule has 0 aromatic heterocycles. The molecule has 0 aliphatic rings. The van der Waals surface area contributed by atoms with Crippen molar-refractivity contribution in [2.75, 3.05) is 20.3 Å². The van der Waals surface area contributed by atoms with Gasteiger partial charge in [-0.15, -0.1) is 0 Å². The molecule has 0 unspecified atom stereocenters. The monoisotopic (exact) mass is 291 g/mol. The Morgan fingerprint density at radius 1 is 1.44 bits per heavy atom. The summed E-state index contributed by atoms with van der Waals surface area (Å²) in [5.74, 6) is -0.275. The second kappa shape index (κ2) is 6.17. The molecule has 1 aromatic rings. The number of rotatable bonds is 5. The largest absolute Gasteiger partial charge is 0.383 e. The number of carbonyl (C=O) groups excluding carboxylic acids is 1. The zero-order valence-corrected chi connectivity index (χ0v) is 11.6. The Kier molecular flexibility index (Phi) is 5.13. The first-order chi connectivity index (χ1) is 8.36. The van der Waals surface area contributed by atoms with Crippen LogP contribution in [0.5, 0.6) is 0 Å². The third-order valence-corrected chi connectivity index (χ3v) is 3.67. The highest BCUT2D eigenvalue weighted by molar-refractivity contribution is 8.13. The molecule has 1 rings (SSSR count). The van der Waals surface area contributed by atoms with E-state index in [0.717, 1.165) is 0 Å². The Bertz CT molecular complexity index is 542. The molecule has 5 nitrogen and oxygen atoms in total. The smallest absolute Gasteiger partial charge is 0.261 e. The van der Waals surface area contributed by atoms with Crippen molar-refractivity contribution >= 4 is 25.6 Å². The summed E-state index contributed by atoms with van der Waals surface area (Å²) >= 11 is 0. The molecule has 7 heteroatoms. The van der Waals surface area contributed by atoms with Gasteiger partial charge >= 0.3 is 0 Å². The summed E-state index contributed by atoms with van der Waals surface area (Å²) in [6, 6.07) is 4.11. The number of nitrogens with one attached hydrogen (secondary N) is 1. The van der Waals surface area contributed by atoms with Crippen molar-refractivity contribution in [3.63, 3.8) is 0 Å². The average molecular weight is 292 g/mol. The van der Waals surface area contributed by atoms with Gasteiger partial charge in [0.2, 0.25) is 0 Å². The van der Waals surface area contributed by atoms with Crippen LogP contribution in [-0.2, 0) is 13.8 Å². The van der Waals surface area contributed by atoms with Crippen LogP contribution in [0.2, 0.25) is 0 Å². The van der Waals surface area contributed by atoms with Crippen LogP contribution in [-0.4, -0.2) is 34.6 Å². The molecule has 0 fully saturated rings. The second-order valence-corrected chi connectivity index (χ2v) is 6.23. The molecule has 0 aliphatic carbocycles. The molecule has 1 amide bonds. The van der Waals surface area contributed by atoms with Gasteiger partial charge in [-0.05, 0) is 30.7 Å². The summed E-state index contributed by atoms with van der Waals surface area (Å²) < 4.78 is 27.1. The van der Waals surface area contributed by atoms with Gasteiger partial charge < -0.3 is 10.1 Å². The first-order valence-electron chi connectivity index (χ1n) is 5.18. The van der Waals surface area contributed by atoms with Crippen LogP contribution < -0.4 is 5.32 Å². The van der Waals surface area contributed by atoms with Crippen molar-refractivity contribution in [2.24, 2.45) is 0 Å². The Hall–Kier alpha value is -1.11. The molecule has 0 bridgehead atoms. The lowest BCUT2D eigenvalue weighted by atomic mass is 10.1. The average Bonchev–Trinajstić information content (AvgIpc) is 2.27. The lowest BCUT2D eigenvalue weighted by molar-refractivity contribution is 0.0936. The molecular formula is C11H14ClNO4S. The molecule has 18 heavy (non-hydrogen) atoms. The van der Waals surface area contributed by atoms with Crippen LogP contribution in [0.3, 0.4) is 0 Å². The first-order valence-corrected chi connectivity index (χ1v) is 7.49. The highest BCUT2D eigenvalue weighted by Gasteiger charge is 2.14. The number of benzene rings is 1. The molecule has 0 saturated carbocycles. The molecule has 0 radical (unpaired) electrons. The summed E-state index contributed by atoms with van der Waals surface area (Å²) in [7, 11) is 2.99. The van der Waals surface area contributed by atoms with E-state index < -0.39 is 9.05 Å². The summed E-state index contributed by atoms with van der Waals surface area (Å²) in [5, 5.41) is 2.65. The molecule has 0 spiro atoms. The van der Waals surface area contributed by atoms with Gasteiger partial charge in [-0.3, -0.25) is 4.79 Å². The number of ether oxygens (including phenoxy) is 1. The van der Waals surface area contributed by atoms with Gasteiger partial charge in [0.15, 0.2) is 0 Å². The van der Waals surface area contributed by atoms with E-state index in [4.69, 9.17) is 15.4 Å². The normalized spacial score (nSPS) is 11.3. The van der Waals surface area contributed by atoms with Gasteiger partial charge in [0.05, 0.1) is 11.5 Å². The Balaban J connectivity index is 2.89. The molecule has 100 valence electrons. The number of carbonyl (C=O) groups is 1. The van der Waals surface area contributed by atoms with Gasteiger partial charge in [0.25, 0.3) is 15.0 Å². The number of halogens is 1. The highest BCUT2D eigenvalue weighted by atomic mass is 35.7. The third-order valence-electron chi connectivity index (χ3n) is 2.32. The zero-order valence-electron chi connectivity index (χ0n) is 10.1. The van der Waals surface area contributed by atoms with Gasteiger partial charge in [-0.25, -0.2) is 8.42 Å². The molecule has 1 N–H and O–H groups in total. The van der Waals surface area contributed by atoms with Crippen molar-refractivity contribution in [1.29, 1.82) is 0 Å².